The normalized spacial score (nSPS) is 10.2. The summed E-state index contributed by atoms with van der Waals surface area (Å²) in [6.45, 7) is 3.37. The summed E-state index contributed by atoms with van der Waals surface area (Å²) in [6, 6.07) is 6.73. The summed E-state index contributed by atoms with van der Waals surface area (Å²) in [4.78, 5) is 23.5. The second kappa shape index (κ2) is 5.56. The number of carbonyl (C=O) groups excluding carboxylic acids is 2. The van der Waals surface area contributed by atoms with Gasteiger partial charge in [0.15, 0.2) is 0 Å². The molecule has 2 rings (SSSR count). The van der Waals surface area contributed by atoms with E-state index in [0.717, 1.165) is 6.07 Å². The second-order valence-corrected chi connectivity index (χ2v) is 4.25. The summed E-state index contributed by atoms with van der Waals surface area (Å²) in [5, 5.41) is 0. The topological polar surface area (TPSA) is 71.3 Å². The number of carbonyl (C=O) groups is 2. The van der Waals surface area contributed by atoms with Crippen LogP contribution in [0.2, 0.25) is 0 Å². The summed E-state index contributed by atoms with van der Waals surface area (Å²) >= 11 is 0. The number of nitrogens with one attached hydrogen (secondary N) is 2. The first-order chi connectivity index (χ1) is 9.47. The molecule has 0 saturated heterocycles. The molecule has 2 aromatic rings. The second-order valence-electron chi connectivity index (χ2n) is 4.25. The van der Waals surface area contributed by atoms with Crippen molar-refractivity contribution >= 4 is 11.8 Å². The first kappa shape index (κ1) is 13.8. The molecule has 0 fully saturated rings. The number of amides is 2. The zero-order valence-electron chi connectivity index (χ0n) is 11.0. The first-order valence-corrected chi connectivity index (χ1v) is 5.90. The van der Waals surface area contributed by atoms with Crippen molar-refractivity contribution in [1.82, 2.24) is 10.9 Å². The Hall–Kier alpha value is -2.63. The monoisotopic (exact) mass is 276 g/mol. The maximum Gasteiger partial charge on any atom is 0.273 e. The van der Waals surface area contributed by atoms with Crippen LogP contribution in [0.3, 0.4) is 0 Å². The summed E-state index contributed by atoms with van der Waals surface area (Å²) in [6.07, 6.45) is 0. The largest absolute Gasteiger partial charge is 0.466 e. The molecule has 0 bridgehead atoms. The highest BCUT2D eigenvalue weighted by molar-refractivity contribution is 5.99. The molecule has 5 nitrogen and oxygen atoms in total. The molecule has 104 valence electrons. The number of benzene rings is 1. The van der Waals surface area contributed by atoms with E-state index in [0.29, 0.717) is 17.1 Å². The minimum absolute atomic E-state index is 0.116. The van der Waals surface area contributed by atoms with Crippen LogP contribution in [0.1, 0.15) is 32.2 Å². The maximum absolute atomic E-state index is 13.0. The van der Waals surface area contributed by atoms with Crippen LogP contribution in [0.25, 0.3) is 0 Å². The Bertz CT molecular complexity index is 664. The van der Waals surface area contributed by atoms with Gasteiger partial charge in [-0.3, -0.25) is 20.4 Å². The Balaban J connectivity index is 2.00. The van der Waals surface area contributed by atoms with Gasteiger partial charge in [0.2, 0.25) is 0 Å². The zero-order valence-corrected chi connectivity index (χ0v) is 11.0. The van der Waals surface area contributed by atoms with Gasteiger partial charge in [-0.1, -0.05) is 6.07 Å². The molecule has 20 heavy (non-hydrogen) atoms. The number of hydrazine groups is 1. The van der Waals surface area contributed by atoms with E-state index in [4.69, 9.17) is 4.42 Å². The predicted molar refractivity (Wildman–Crippen MR) is 69.5 cm³/mol. The minimum Gasteiger partial charge on any atom is -0.466 e. The molecule has 0 aliphatic rings. The molecule has 6 heteroatoms. The molecule has 0 unspecified atom stereocenters. The molecule has 2 amide bonds. The van der Waals surface area contributed by atoms with Gasteiger partial charge in [0.1, 0.15) is 17.3 Å². The molecular weight excluding hydrogens is 263 g/mol. The lowest BCUT2D eigenvalue weighted by molar-refractivity contribution is 0.0845. The van der Waals surface area contributed by atoms with Gasteiger partial charge in [0.25, 0.3) is 11.8 Å². The van der Waals surface area contributed by atoms with Crippen molar-refractivity contribution < 1.29 is 18.4 Å². The summed E-state index contributed by atoms with van der Waals surface area (Å²) in [7, 11) is 0. The van der Waals surface area contributed by atoms with E-state index in [1.54, 1.807) is 19.9 Å². The summed E-state index contributed by atoms with van der Waals surface area (Å²) in [5.74, 6) is -0.561. The van der Waals surface area contributed by atoms with Gasteiger partial charge in [-0.15, -0.1) is 0 Å². The maximum atomic E-state index is 13.0. The highest BCUT2D eigenvalue weighted by Crippen LogP contribution is 2.13. The number of halogens is 1. The third-order valence-electron chi connectivity index (χ3n) is 2.66. The van der Waals surface area contributed by atoms with Crippen molar-refractivity contribution in [3.8, 4) is 0 Å². The predicted octanol–water partition coefficient (Wildman–Crippen LogP) is 2.11. The lowest BCUT2D eigenvalue weighted by Gasteiger charge is -2.06. The van der Waals surface area contributed by atoms with Crippen LogP contribution >= 0.6 is 0 Å². The van der Waals surface area contributed by atoms with Gasteiger partial charge in [-0.2, -0.15) is 0 Å². The van der Waals surface area contributed by atoms with Gasteiger partial charge in [0.05, 0.1) is 5.56 Å². The van der Waals surface area contributed by atoms with Crippen LogP contribution < -0.4 is 10.9 Å². The molecule has 0 aliphatic carbocycles. The SMILES string of the molecule is Cc1cc(C(=O)NNC(=O)c2cccc(F)c2)c(C)o1. The molecule has 2 N–H and O–H groups in total. The highest BCUT2D eigenvalue weighted by atomic mass is 19.1. The van der Waals surface area contributed by atoms with Crippen molar-refractivity contribution in [2.75, 3.05) is 0 Å². The fraction of sp³-hybridized carbons (Fsp3) is 0.143. The molecule has 1 heterocycles. The first-order valence-electron chi connectivity index (χ1n) is 5.90. The standard InChI is InChI=1S/C14H13FN2O3/c1-8-6-12(9(2)20-8)14(19)17-16-13(18)10-4-3-5-11(15)7-10/h3-7H,1-2H3,(H,16,18)(H,17,19). The third kappa shape index (κ3) is 3.03. The van der Waals surface area contributed by atoms with Crippen LogP contribution in [-0.2, 0) is 0 Å². The average Bonchev–Trinajstić information content (AvgIpc) is 2.74. The van der Waals surface area contributed by atoms with Crippen molar-refractivity contribution in [3.63, 3.8) is 0 Å². The number of hydrogen-bond acceptors (Lipinski definition) is 3. The minimum atomic E-state index is -0.601. The Morgan fingerprint density at radius 1 is 1.10 bits per heavy atom. The average molecular weight is 276 g/mol. The van der Waals surface area contributed by atoms with Crippen molar-refractivity contribution in [2.24, 2.45) is 0 Å². The van der Waals surface area contributed by atoms with E-state index < -0.39 is 17.6 Å². The summed E-state index contributed by atoms with van der Waals surface area (Å²) in [5.41, 5.74) is 4.92. The fourth-order valence-electron chi connectivity index (χ4n) is 1.74. The van der Waals surface area contributed by atoms with Gasteiger partial charge < -0.3 is 4.42 Å². The van der Waals surface area contributed by atoms with Crippen molar-refractivity contribution in [3.05, 3.63) is 58.8 Å². The van der Waals surface area contributed by atoms with E-state index in [1.165, 1.54) is 18.2 Å². The third-order valence-corrected chi connectivity index (χ3v) is 2.66. The number of aryl methyl sites for hydroxylation is 2. The highest BCUT2D eigenvalue weighted by Gasteiger charge is 2.14. The van der Waals surface area contributed by atoms with Crippen LogP contribution in [0.4, 0.5) is 4.39 Å². The Kier molecular flexibility index (Phi) is 3.84. The van der Waals surface area contributed by atoms with Crippen LogP contribution in [0.15, 0.2) is 34.7 Å². The number of rotatable bonds is 2. The number of hydrogen-bond donors (Lipinski definition) is 2. The van der Waals surface area contributed by atoms with Crippen molar-refractivity contribution in [1.29, 1.82) is 0 Å². The van der Waals surface area contributed by atoms with Gasteiger partial charge in [0, 0.05) is 5.56 Å². The quantitative estimate of drug-likeness (QED) is 0.825. The fourth-order valence-corrected chi connectivity index (χ4v) is 1.74. The van der Waals surface area contributed by atoms with E-state index in [2.05, 4.69) is 10.9 Å². The Labute approximate surface area is 114 Å². The lowest BCUT2D eigenvalue weighted by Crippen LogP contribution is -2.41. The Morgan fingerprint density at radius 3 is 2.40 bits per heavy atom. The van der Waals surface area contributed by atoms with E-state index >= 15 is 0 Å². The smallest absolute Gasteiger partial charge is 0.273 e. The lowest BCUT2D eigenvalue weighted by atomic mass is 10.2. The molecule has 0 radical (unpaired) electrons. The molecular formula is C14H13FN2O3. The number of furan rings is 1. The van der Waals surface area contributed by atoms with E-state index in [9.17, 15) is 14.0 Å². The molecule has 1 aromatic heterocycles. The molecule has 0 atom stereocenters. The van der Waals surface area contributed by atoms with Crippen molar-refractivity contribution in [2.45, 2.75) is 13.8 Å². The van der Waals surface area contributed by atoms with Crippen LogP contribution in [-0.4, -0.2) is 11.8 Å². The van der Waals surface area contributed by atoms with E-state index in [1.807, 2.05) is 0 Å². The molecule has 1 aromatic carbocycles. The Morgan fingerprint density at radius 2 is 1.80 bits per heavy atom. The van der Waals surface area contributed by atoms with Crippen LogP contribution in [0, 0.1) is 19.7 Å². The van der Waals surface area contributed by atoms with E-state index in [-0.39, 0.29) is 5.56 Å². The van der Waals surface area contributed by atoms with Gasteiger partial charge in [-0.05, 0) is 38.1 Å². The molecule has 0 aliphatic heterocycles. The summed E-state index contributed by atoms with van der Waals surface area (Å²) < 4.78 is 18.2. The molecule has 0 spiro atoms. The van der Waals surface area contributed by atoms with Crippen LogP contribution in [0.5, 0.6) is 0 Å². The zero-order chi connectivity index (χ0) is 14.7. The van der Waals surface area contributed by atoms with Gasteiger partial charge in [-0.25, -0.2) is 4.39 Å². The van der Waals surface area contributed by atoms with Gasteiger partial charge >= 0.3 is 0 Å². The molecule has 0 saturated carbocycles.